The first-order valence-electron chi connectivity index (χ1n) is 5.96. The molecule has 2 rings (SSSR count). The molecule has 1 amide bonds. The van der Waals surface area contributed by atoms with Crippen molar-refractivity contribution in [2.24, 2.45) is 0 Å². The summed E-state index contributed by atoms with van der Waals surface area (Å²) in [5, 5.41) is 6.13. The predicted molar refractivity (Wildman–Crippen MR) is 65.0 cm³/mol. The summed E-state index contributed by atoms with van der Waals surface area (Å²) < 4.78 is 0. The Morgan fingerprint density at radius 3 is 3.12 bits per heavy atom. The minimum absolute atomic E-state index is 0.173. The highest BCUT2D eigenvalue weighted by atomic mass is 16.2. The van der Waals surface area contributed by atoms with Crippen LogP contribution in [0.3, 0.4) is 0 Å². The van der Waals surface area contributed by atoms with Gasteiger partial charge in [0.1, 0.15) is 5.56 Å². The van der Waals surface area contributed by atoms with Gasteiger partial charge in [-0.2, -0.15) is 0 Å². The standard InChI is InChI=1S/C12H17N3O2/c16-11-10(4-2-7-14-11)12(17)15-8-5-9-3-1-6-13-9/h2,4,7,9,13H,1,3,5-6,8H2,(H,14,16)(H,15,17). The maximum absolute atomic E-state index is 11.7. The topological polar surface area (TPSA) is 74.0 Å². The molecule has 0 spiro atoms. The molecule has 0 saturated carbocycles. The third-order valence-corrected chi connectivity index (χ3v) is 3.00. The van der Waals surface area contributed by atoms with Crippen LogP contribution >= 0.6 is 0 Å². The van der Waals surface area contributed by atoms with Crippen LogP contribution in [-0.2, 0) is 0 Å². The fourth-order valence-corrected chi connectivity index (χ4v) is 2.06. The van der Waals surface area contributed by atoms with Crippen LogP contribution in [0, 0.1) is 0 Å². The molecule has 17 heavy (non-hydrogen) atoms. The molecule has 0 bridgehead atoms. The maximum atomic E-state index is 11.7. The zero-order valence-corrected chi connectivity index (χ0v) is 9.66. The number of aromatic nitrogens is 1. The minimum atomic E-state index is -0.344. The van der Waals surface area contributed by atoms with Gasteiger partial charge in [0.2, 0.25) is 0 Å². The molecule has 0 aliphatic carbocycles. The number of rotatable bonds is 4. The molecule has 3 N–H and O–H groups in total. The van der Waals surface area contributed by atoms with Crippen LogP contribution in [0.25, 0.3) is 0 Å². The van der Waals surface area contributed by atoms with Crippen LogP contribution in [-0.4, -0.2) is 30.0 Å². The van der Waals surface area contributed by atoms with Gasteiger partial charge < -0.3 is 15.6 Å². The number of aromatic amines is 1. The summed E-state index contributed by atoms with van der Waals surface area (Å²) in [6, 6.07) is 3.68. The molecule has 1 aromatic rings. The highest BCUT2D eigenvalue weighted by Gasteiger charge is 2.14. The van der Waals surface area contributed by atoms with Gasteiger partial charge in [0.15, 0.2) is 0 Å². The van der Waals surface area contributed by atoms with E-state index in [1.165, 1.54) is 25.1 Å². The highest BCUT2D eigenvalue weighted by Crippen LogP contribution is 2.07. The van der Waals surface area contributed by atoms with Gasteiger partial charge in [0.05, 0.1) is 0 Å². The second-order valence-corrected chi connectivity index (χ2v) is 4.25. The molecule has 1 aliphatic rings. The molecule has 1 aromatic heterocycles. The normalized spacial score (nSPS) is 19.2. The average Bonchev–Trinajstić information content (AvgIpc) is 2.82. The van der Waals surface area contributed by atoms with Gasteiger partial charge in [-0.05, 0) is 37.9 Å². The fraction of sp³-hybridized carbons (Fsp3) is 0.500. The van der Waals surface area contributed by atoms with E-state index >= 15 is 0 Å². The molecule has 5 heteroatoms. The lowest BCUT2D eigenvalue weighted by molar-refractivity contribution is 0.0951. The van der Waals surface area contributed by atoms with Crippen molar-refractivity contribution < 1.29 is 4.79 Å². The largest absolute Gasteiger partial charge is 0.352 e. The molecular weight excluding hydrogens is 218 g/mol. The van der Waals surface area contributed by atoms with Crippen molar-refractivity contribution in [3.05, 3.63) is 34.2 Å². The second-order valence-electron chi connectivity index (χ2n) is 4.25. The zero-order chi connectivity index (χ0) is 12.1. The number of amides is 1. The number of H-pyrrole nitrogens is 1. The van der Waals surface area contributed by atoms with Crippen molar-refractivity contribution in [3.8, 4) is 0 Å². The van der Waals surface area contributed by atoms with Crippen LogP contribution in [0.1, 0.15) is 29.6 Å². The van der Waals surface area contributed by atoms with Crippen LogP contribution in [0.15, 0.2) is 23.1 Å². The Morgan fingerprint density at radius 1 is 1.53 bits per heavy atom. The SMILES string of the molecule is O=C(NCCC1CCCN1)c1ccc[nH]c1=O. The Bertz CT molecular complexity index is 435. The van der Waals surface area contributed by atoms with Crippen LogP contribution in [0.5, 0.6) is 0 Å². The molecule has 1 unspecified atom stereocenters. The summed E-state index contributed by atoms with van der Waals surface area (Å²) in [7, 11) is 0. The average molecular weight is 235 g/mol. The third kappa shape index (κ3) is 3.17. The van der Waals surface area contributed by atoms with Gasteiger partial charge in [-0.15, -0.1) is 0 Å². The van der Waals surface area contributed by atoms with E-state index in [1.807, 2.05) is 0 Å². The van der Waals surface area contributed by atoms with E-state index in [4.69, 9.17) is 0 Å². The molecule has 5 nitrogen and oxygen atoms in total. The summed E-state index contributed by atoms with van der Waals surface area (Å²) in [4.78, 5) is 25.5. The summed E-state index contributed by atoms with van der Waals surface area (Å²) >= 11 is 0. The Kier molecular flexibility index (Phi) is 3.93. The van der Waals surface area contributed by atoms with Crippen molar-refractivity contribution >= 4 is 5.91 Å². The second kappa shape index (κ2) is 5.63. The number of pyridine rings is 1. The first-order chi connectivity index (χ1) is 8.27. The van der Waals surface area contributed by atoms with E-state index in [-0.39, 0.29) is 17.0 Å². The van der Waals surface area contributed by atoms with Gasteiger partial charge in [-0.1, -0.05) is 0 Å². The Balaban J connectivity index is 1.81. The highest BCUT2D eigenvalue weighted by molar-refractivity contribution is 5.93. The van der Waals surface area contributed by atoms with Crippen molar-refractivity contribution in [2.75, 3.05) is 13.1 Å². The monoisotopic (exact) mass is 235 g/mol. The third-order valence-electron chi connectivity index (χ3n) is 3.00. The lowest BCUT2D eigenvalue weighted by Crippen LogP contribution is -2.33. The van der Waals surface area contributed by atoms with E-state index in [0.29, 0.717) is 12.6 Å². The fourth-order valence-electron chi connectivity index (χ4n) is 2.06. The van der Waals surface area contributed by atoms with Gasteiger partial charge in [-0.25, -0.2) is 0 Å². The van der Waals surface area contributed by atoms with Crippen molar-refractivity contribution in [1.82, 2.24) is 15.6 Å². The van der Waals surface area contributed by atoms with Crippen LogP contribution < -0.4 is 16.2 Å². The quantitative estimate of drug-likeness (QED) is 0.700. The lowest BCUT2D eigenvalue weighted by atomic mass is 10.1. The van der Waals surface area contributed by atoms with Crippen molar-refractivity contribution in [3.63, 3.8) is 0 Å². The van der Waals surface area contributed by atoms with Crippen LogP contribution in [0.4, 0.5) is 0 Å². The van der Waals surface area contributed by atoms with Gasteiger partial charge >= 0.3 is 0 Å². The molecule has 0 radical (unpaired) electrons. The lowest BCUT2D eigenvalue weighted by Gasteiger charge is -2.10. The van der Waals surface area contributed by atoms with E-state index in [0.717, 1.165) is 13.0 Å². The van der Waals surface area contributed by atoms with Gasteiger partial charge in [0, 0.05) is 18.8 Å². The summed E-state index contributed by atoms with van der Waals surface area (Å²) in [6.07, 6.45) is 4.80. The number of hydrogen-bond acceptors (Lipinski definition) is 3. The molecule has 92 valence electrons. The number of carbonyl (C=O) groups excluding carboxylic acids is 1. The summed E-state index contributed by atoms with van der Waals surface area (Å²) in [5.41, 5.74) is -0.170. The Hall–Kier alpha value is -1.62. The van der Waals surface area contributed by atoms with Crippen molar-refractivity contribution in [2.45, 2.75) is 25.3 Å². The first-order valence-corrected chi connectivity index (χ1v) is 5.96. The maximum Gasteiger partial charge on any atom is 0.260 e. The first kappa shape index (κ1) is 11.9. The summed E-state index contributed by atoms with van der Waals surface area (Å²) in [5.74, 6) is -0.301. The smallest absolute Gasteiger partial charge is 0.260 e. The summed E-state index contributed by atoms with van der Waals surface area (Å²) in [6.45, 7) is 1.67. The Morgan fingerprint density at radius 2 is 2.41 bits per heavy atom. The predicted octanol–water partition coefficient (Wildman–Crippen LogP) is 0.247. The van der Waals surface area contributed by atoms with E-state index in [2.05, 4.69) is 15.6 Å². The van der Waals surface area contributed by atoms with Crippen LogP contribution in [0.2, 0.25) is 0 Å². The Labute approximate surface area is 99.6 Å². The number of carbonyl (C=O) groups is 1. The minimum Gasteiger partial charge on any atom is -0.352 e. The van der Waals surface area contributed by atoms with Gasteiger partial charge in [-0.3, -0.25) is 9.59 Å². The molecule has 1 atom stereocenters. The van der Waals surface area contributed by atoms with Crippen molar-refractivity contribution in [1.29, 1.82) is 0 Å². The zero-order valence-electron chi connectivity index (χ0n) is 9.66. The number of hydrogen-bond donors (Lipinski definition) is 3. The molecule has 1 fully saturated rings. The molecule has 0 aromatic carbocycles. The molecule has 2 heterocycles. The number of nitrogens with one attached hydrogen (secondary N) is 3. The van der Waals surface area contributed by atoms with E-state index in [1.54, 1.807) is 6.07 Å². The van der Waals surface area contributed by atoms with Gasteiger partial charge in [0.25, 0.3) is 11.5 Å². The van der Waals surface area contributed by atoms with E-state index < -0.39 is 0 Å². The molecule has 1 saturated heterocycles. The molecule has 1 aliphatic heterocycles. The molecular formula is C12H17N3O2. The van der Waals surface area contributed by atoms with E-state index in [9.17, 15) is 9.59 Å².